The van der Waals surface area contributed by atoms with Crippen LogP contribution in [0.25, 0.3) is 0 Å². The third kappa shape index (κ3) is 5.43. The molecule has 2 heterocycles. The van der Waals surface area contributed by atoms with Crippen molar-refractivity contribution in [3.63, 3.8) is 0 Å². The van der Waals surface area contributed by atoms with Crippen molar-refractivity contribution in [1.82, 2.24) is 15.5 Å². The van der Waals surface area contributed by atoms with Crippen molar-refractivity contribution in [1.29, 1.82) is 0 Å². The van der Waals surface area contributed by atoms with Gasteiger partial charge in [-0.2, -0.15) is 0 Å². The molecular weight excluding hydrogens is 360 g/mol. The fourth-order valence-electron chi connectivity index (χ4n) is 3.33. The lowest BCUT2D eigenvalue weighted by atomic mass is 10.1. The van der Waals surface area contributed by atoms with E-state index in [0.717, 1.165) is 43.3 Å². The maximum Gasteiger partial charge on any atom is 0.409 e. The molecule has 8 nitrogen and oxygen atoms in total. The molecule has 3 rings (SSSR count). The number of piperidine rings is 1. The third-order valence-corrected chi connectivity index (χ3v) is 4.81. The van der Waals surface area contributed by atoms with Crippen LogP contribution in [0, 0.1) is 0 Å². The first-order valence-electron chi connectivity index (χ1n) is 10.0. The fourth-order valence-corrected chi connectivity index (χ4v) is 3.33. The van der Waals surface area contributed by atoms with Crippen LogP contribution < -0.4 is 20.1 Å². The van der Waals surface area contributed by atoms with Crippen LogP contribution in [0.3, 0.4) is 0 Å². The van der Waals surface area contributed by atoms with Gasteiger partial charge in [0.05, 0.1) is 6.61 Å². The lowest BCUT2D eigenvalue weighted by molar-refractivity contribution is 0.0963. The Morgan fingerprint density at radius 2 is 2.04 bits per heavy atom. The van der Waals surface area contributed by atoms with Crippen molar-refractivity contribution in [2.24, 2.45) is 4.99 Å². The molecule has 0 radical (unpaired) electrons. The summed E-state index contributed by atoms with van der Waals surface area (Å²) in [6.45, 7) is 7.47. The highest BCUT2D eigenvalue weighted by Gasteiger charge is 2.24. The van der Waals surface area contributed by atoms with Gasteiger partial charge in [0.2, 0.25) is 6.79 Å². The minimum absolute atomic E-state index is 0.217. The molecule has 2 aliphatic heterocycles. The Labute approximate surface area is 166 Å². The van der Waals surface area contributed by atoms with Crippen LogP contribution in [0.5, 0.6) is 11.5 Å². The van der Waals surface area contributed by atoms with E-state index in [0.29, 0.717) is 39.1 Å². The zero-order valence-corrected chi connectivity index (χ0v) is 16.7. The Morgan fingerprint density at radius 1 is 1.25 bits per heavy atom. The molecule has 0 bridgehead atoms. The summed E-state index contributed by atoms with van der Waals surface area (Å²) in [7, 11) is 0. The first kappa shape index (κ1) is 20.1. The van der Waals surface area contributed by atoms with Crippen LogP contribution in [0.1, 0.15) is 32.3 Å². The summed E-state index contributed by atoms with van der Waals surface area (Å²) in [5, 5.41) is 6.79. The second-order valence-corrected chi connectivity index (χ2v) is 6.80. The standard InChI is InChI=1S/C20H30N4O4/c1-3-21-19(23-16-8-11-24(12-9-16)20(25)26-4-2)22-10-7-15-5-6-17-18(13-15)28-14-27-17/h5-6,13,16H,3-4,7-12,14H2,1-2H3,(H2,21,22,23). The van der Waals surface area contributed by atoms with Crippen molar-refractivity contribution < 1.29 is 19.0 Å². The van der Waals surface area contributed by atoms with Crippen molar-refractivity contribution in [3.8, 4) is 11.5 Å². The number of nitrogens with zero attached hydrogens (tertiary/aromatic N) is 2. The molecule has 2 aliphatic rings. The van der Waals surface area contributed by atoms with E-state index in [1.54, 1.807) is 4.90 Å². The minimum atomic E-state index is -0.217. The molecule has 0 atom stereocenters. The van der Waals surface area contributed by atoms with E-state index >= 15 is 0 Å². The molecule has 0 aliphatic carbocycles. The quantitative estimate of drug-likeness (QED) is 0.572. The summed E-state index contributed by atoms with van der Waals surface area (Å²) in [5.74, 6) is 2.43. The molecule has 0 unspecified atom stereocenters. The largest absolute Gasteiger partial charge is 0.454 e. The predicted octanol–water partition coefficient (Wildman–Crippen LogP) is 2.13. The number of fused-ring (bicyclic) bond motifs is 1. The monoisotopic (exact) mass is 390 g/mol. The maximum absolute atomic E-state index is 11.8. The molecule has 154 valence electrons. The summed E-state index contributed by atoms with van der Waals surface area (Å²) in [4.78, 5) is 18.3. The number of ether oxygens (including phenoxy) is 3. The number of carbonyl (C=O) groups is 1. The van der Waals surface area contributed by atoms with E-state index in [1.165, 1.54) is 5.56 Å². The molecule has 1 aromatic carbocycles. The van der Waals surface area contributed by atoms with Crippen LogP contribution in [-0.4, -0.2) is 62.6 Å². The molecule has 0 spiro atoms. The van der Waals surface area contributed by atoms with Crippen LogP contribution in [0.4, 0.5) is 4.79 Å². The molecule has 1 aromatic rings. The molecule has 0 saturated carbocycles. The number of hydrogen-bond donors (Lipinski definition) is 2. The van der Waals surface area contributed by atoms with Gasteiger partial charge in [-0.05, 0) is 50.8 Å². The topological polar surface area (TPSA) is 84.4 Å². The van der Waals surface area contributed by atoms with Crippen LogP contribution >= 0.6 is 0 Å². The Hall–Kier alpha value is -2.64. The van der Waals surface area contributed by atoms with E-state index in [4.69, 9.17) is 19.2 Å². The van der Waals surface area contributed by atoms with Gasteiger partial charge >= 0.3 is 6.09 Å². The molecule has 0 aromatic heterocycles. The van der Waals surface area contributed by atoms with Gasteiger partial charge in [-0.1, -0.05) is 6.07 Å². The Bertz CT molecular complexity index is 687. The second kappa shape index (κ2) is 10.1. The first-order chi connectivity index (χ1) is 13.7. The number of likely N-dealkylation sites (tertiary alicyclic amines) is 1. The number of rotatable bonds is 6. The lowest BCUT2D eigenvalue weighted by Crippen LogP contribution is -2.50. The zero-order chi connectivity index (χ0) is 19.8. The zero-order valence-electron chi connectivity index (χ0n) is 16.7. The second-order valence-electron chi connectivity index (χ2n) is 6.80. The first-order valence-corrected chi connectivity index (χ1v) is 10.0. The van der Waals surface area contributed by atoms with E-state index < -0.39 is 0 Å². The van der Waals surface area contributed by atoms with E-state index in [2.05, 4.69) is 23.6 Å². The van der Waals surface area contributed by atoms with Crippen molar-refractivity contribution >= 4 is 12.1 Å². The summed E-state index contributed by atoms with van der Waals surface area (Å²) >= 11 is 0. The minimum Gasteiger partial charge on any atom is -0.454 e. The van der Waals surface area contributed by atoms with Gasteiger partial charge in [-0.3, -0.25) is 4.99 Å². The summed E-state index contributed by atoms with van der Waals surface area (Å²) in [5.41, 5.74) is 1.17. The van der Waals surface area contributed by atoms with E-state index in [9.17, 15) is 4.79 Å². The third-order valence-electron chi connectivity index (χ3n) is 4.81. The predicted molar refractivity (Wildman–Crippen MR) is 107 cm³/mol. The summed E-state index contributed by atoms with van der Waals surface area (Å²) in [6, 6.07) is 6.31. The molecule has 1 amide bonds. The van der Waals surface area contributed by atoms with Crippen molar-refractivity contribution in [3.05, 3.63) is 23.8 Å². The number of amides is 1. The van der Waals surface area contributed by atoms with Gasteiger partial charge in [-0.15, -0.1) is 0 Å². The van der Waals surface area contributed by atoms with Crippen LogP contribution in [0.2, 0.25) is 0 Å². The molecule has 8 heteroatoms. The van der Waals surface area contributed by atoms with Crippen LogP contribution in [-0.2, 0) is 11.2 Å². The van der Waals surface area contributed by atoms with Gasteiger partial charge in [0.1, 0.15) is 0 Å². The Balaban J connectivity index is 1.47. The van der Waals surface area contributed by atoms with Crippen molar-refractivity contribution in [2.45, 2.75) is 39.2 Å². The SMILES string of the molecule is CCNC(=NCCc1ccc2c(c1)OCO2)NC1CCN(C(=O)OCC)CC1. The molecule has 2 N–H and O–H groups in total. The van der Waals surface area contributed by atoms with Gasteiger partial charge in [0, 0.05) is 32.2 Å². The summed E-state index contributed by atoms with van der Waals surface area (Å²) < 4.78 is 15.8. The fraction of sp³-hybridized carbons (Fsp3) is 0.600. The van der Waals surface area contributed by atoms with Gasteiger partial charge in [0.25, 0.3) is 0 Å². The highest BCUT2D eigenvalue weighted by molar-refractivity contribution is 5.80. The summed E-state index contributed by atoms with van der Waals surface area (Å²) in [6.07, 6.45) is 2.37. The highest BCUT2D eigenvalue weighted by Crippen LogP contribution is 2.32. The number of nitrogens with one attached hydrogen (secondary N) is 2. The molecule has 28 heavy (non-hydrogen) atoms. The van der Waals surface area contributed by atoms with E-state index in [-0.39, 0.29) is 6.09 Å². The highest BCUT2D eigenvalue weighted by atomic mass is 16.7. The van der Waals surface area contributed by atoms with Crippen molar-refractivity contribution in [2.75, 3.05) is 39.6 Å². The number of hydrogen-bond acceptors (Lipinski definition) is 5. The van der Waals surface area contributed by atoms with Crippen LogP contribution in [0.15, 0.2) is 23.2 Å². The molecule has 1 saturated heterocycles. The molecule has 1 fully saturated rings. The maximum atomic E-state index is 11.8. The number of benzene rings is 1. The molecular formula is C20H30N4O4. The van der Waals surface area contributed by atoms with Gasteiger partial charge < -0.3 is 29.7 Å². The average molecular weight is 390 g/mol. The van der Waals surface area contributed by atoms with E-state index in [1.807, 2.05) is 19.1 Å². The number of aliphatic imine (C=N–C) groups is 1. The number of carbonyl (C=O) groups excluding carboxylic acids is 1. The smallest absolute Gasteiger partial charge is 0.409 e. The normalized spacial score (nSPS) is 16.8. The Kier molecular flexibility index (Phi) is 7.22. The van der Waals surface area contributed by atoms with Gasteiger partial charge in [-0.25, -0.2) is 4.79 Å². The average Bonchev–Trinajstić information content (AvgIpc) is 3.17. The number of guanidine groups is 1. The lowest BCUT2D eigenvalue weighted by Gasteiger charge is -2.32. The van der Waals surface area contributed by atoms with Gasteiger partial charge in [0.15, 0.2) is 17.5 Å². The Morgan fingerprint density at radius 3 is 2.79 bits per heavy atom.